The Bertz CT molecular complexity index is 834. The molecular weight excluding hydrogens is 424 g/mol. The molecule has 0 saturated heterocycles. The molecule has 1 aromatic rings. The second-order valence-corrected chi connectivity index (χ2v) is 9.73. The topological polar surface area (TPSA) is 114 Å². The number of rotatable bonds is 12. The fourth-order valence-corrected chi connectivity index (χ4v) is 4.04. The molecule has 0 radical (unpaired) electrons. The van der Waals surface area contributed by atoms with Gasteiger partial charge in [-0.15, -0.1) is 0 Å². The SMILES string of the molecule is CC(=O)N[C@H](CSC(=O)[C@H](C)c1ccc(CC(C)C)cc1)C(=O)CC(=N)CC(=N)N(C)C. The van der Waals surface area contributed by atoms with Crippen molar-refractivity contribution in [3.8, 4) is 0 Å². The number of nitrogens with zero attached hydrogens (tertiary/aromatic N) is 1. The number of amides is 1. The monoisotopic (exact) mass is 460 g/mol. The van der Waals surface area contributed by atoms with Crippen LogP contribution < -0.4 is 5.32 Å². The average Bonchev–Trinajstić information content (AvgIpc) is 2.69. The van der Waals surface area contributed by atoms with E-state index in [0.29, 0.717) is 5.92 Å². The van der Waals surface area contributed by atoms with Crippen molar-refractivity contribution in [3.63, 3.8) is 0 Å². The predicted molar refractivity (Wildman–Crippen MR) is 132 cm³/mol. The van der Waals surface area contributed by atoms with Crippen LogP contribution in [-0.2, 0) is 20.8 Å². The Labute approximate surface area is 195 Å². The van der Waals surface area contributed by atoms with Gasteiger partial charge in [0.1, 0.15) is 5.84 Å². The van der Waals surface area contributed by atoms with E-state index in [1.54, 1.807) is 19.0 Å². The summed E-state index contributed by atoms with van der Waals surface area (Å²) in [6.45, 7) is 7.49. The van der Waals surface area contributed by atoms with Crippen LogP contribution in [0, 0.1) is 16.7 Å². The molecule has 1 amide bonds. The number of thioether (sulfide) groups is 1. The van der Waals surface area contributed by atoms with Gasteiger partial charge in [-0.25, -0.2) is 0 Å². The molecule has 0 saturated carbocycles. The van der Waals surface area contributed by atoms with E-state index >= 15 is 0 Å². The summed E-state index contributed by atoms with van der Waals surface area (Å²) in [4.78, 5) is 38.5. The largest absolute Gasteiger partial charge is 0.366 e. The Hall–Kier alpha value is -2.48. The number of Topliss-reactive ketones (excluding diaryl/α,β-unsaturated/α-hetero) is 1. The summed E-state index contributed by atoms with van der Waals surface area (Å²) in [6.07, 6.45) is 0.894. The minimum atomic E-state index is -0.851. The first-order valence-electron chi connectivity index (χ1n) is 10.8. The zero-order valence-corrected chi connectivity index (χ0v) is 20.8. The van der Waals surface area contributed by atoms with E-state index in [-0.39, 0.29) is 52.9 Å². The Balaban J connectivity index is 2.71. The fourth-order valence-electron chi connectivity index (χ4n) is 3.06. The van der Waals surface area contributed by atoms with Gasteiger partial charge in [0, 0.05) is 45.3 Å². The van der Waals surface area contributed by atoms with Gasteiger partial charge in [-0.3, -0.25) is 19.8 Å². The molecule has 0 unspecified atom stereocenters. The van der Waals surface area contributed by atoms with Crippen LogP contribution in [0.3, 0.4) is 0 Å². The summed E-state index contributed by atoms with van der Waals surface area (Å²) >= 11 is 1.02. The Morgan fingerprint density at radius 2 is 1.62 bits per heavy atom. The van der Waals surface area contributed by atoms with Crippen LogP contribution in [0.4, 0.5) is 0 Å². The number of benzene rings is 1. The Kier molecular flexibility index (Phi) is 11.3. The van der Waals surface area contributed by atoms with E-state index in [9.17, 15) is 14.4 Å². The number of ketones is 1. The normalized spacial score (nSPS) is 12.7. The third kappa shape index (κ3) is 9.77. The number of nitrogens with one attached hydrogen (secondary N) is 3. The van der Waals surface area contributed by atoms with Gasteiger partial charge in [-0.1, -0.05) is 56.8 Å². The van der Waals surface area contributed by atoms with E-state index in [4.69, 9.17) is 10.8 Å². The van der Waals surface area contributed by atoms with Crippen LogP contribution in [0.5, 0.6) is 0 Å². The van der Waals surface area contributed by atoms with Crippen LogP contribution >= 0.6 is 11.8 Å². The van der Waals surface area contributed by atoms with Gasteiger partial charge in [-0.05, 0) is 23.5 Å². The zero-order valence-electron chi connectivity index (χ0n) is 20.0. The summed E-state index contributed by atoms with van der Waals surface area (Å²) in [6, 6.07) is 7.18. The lowest BCUT2D eigenvalue weighted by Gasteiger charge is -2.19. The first-order chi connectivity index (χ1) is 14.9. The highest BCUT2D eigenvalue weighted by atomic mass is 32.2. The molecule has 0 heterocycles. The van der Waals surface area contributed by atoms with Crippen molar-refractivity contribution in [3.05, 3.63) is 35.4 Å². The van der Waals surface area contributed by atoms with Gasteiger partial charge >= 0.3 is 0 Å². The van der Waals surface area contributed by atoms with Crippen LogP contribution in [0.1, 0.15) is 57.6 Å². The average molecular weight is 461 g/mol. The molecule has 7 nitrogen and oxygen atoms in total. The highest BCUT2D eigenvalue weighted by Gasteiger charge is 2.24. The van der Waals surface area contributed by atoms with Crippen LogP contribution in [0.15, 0.2) is 24.3 Å². The van der Waals surface area contributed by atoms with Crippen molar-refractivity contribution in [2.24, 2.45) is 5.92 Å². The molecule has 0 bridgehead atoms. The molecule has 2 atom stereocenters. The second kappa shape index (κ2) is 13.2. The van der Waals surface area contributed by atoms with Crippen molar-refractivity contribution in [1.29, 1.82) is 10.8 Å². The number of carbonyl (C=O) groups excluding carboxylic acids is 3. The number of hydrogen-bond acceptors (Lipinski definition) is 6. The Morgan fingerprint density at radius 1 is 1.03 bits per heavy atom. The molecule has 3 N–H and O–H groups in total. The number of amidine groups is 1. The van der Waals surface area contributed by atoms with Crippen molar-refractivity contribution in [1.82, 2.24) is 10.2 Å². The van der Waals surface area contributed by atoms with Gasteiger partial charge < -0.3 is 15.6 Å². The lowest BCUT2D eigenvalue weighted by Crippen LogP contribution is -2.42. The van der Waals surface area contributed by atoms with E-state index in [1.165, 1.54) is 12.5 Å². The van der Waals surface area contributed by atoms with Gasteiger partial charge in [0.2, 0.25) is 5.91 Å². The molecule has 0 aliphatic heterocycles. The third-order valence-corrected chi connectivity index (χ3v) is 6.08. The van der Waals surface area contributed by atoms with E-state index in [2.05, 4.69) is 19.2 Å². The molecule has 1 aromatic carbocycles. The minimum Gasteiger partial charge on any atom is -0.366 e. The third-order valence-electron chi connectivity index (χ3n) is 4.94. The molecule has 8 heteroatoms. The second-order valence-electron chi connectivity index (χ2n) is 8.71. The van der Waals surface area contributed by atoms with E-state index in [0.717, 1.165) is 23.7 Å². The summed E-state index contributed by atoms with van der Waals surface area (Å²) < 4.78 is 0. The summed E-state index contributed by atoms with van der Waals surface area (Å²) in [5.41, 5.74) is 2.26. The Morgan fingerprint density at radius 3 is 2.12 bits per heavy atom. The van der Waals surface area contributed by atoms with Gasteiger partial charge in [-0.2, -0.15) is 0 Å². The highest BCUT2D eigenvalue weighted by Crippen LogP contribution is 2.24. The quantitative estimate of drug-likeness (QED) is 0.325. The van der Waals surface area contributed by atoms with Crippen molar-refractivity contribution >= 4 is 40.1 Å². The van der Waals surface area contributed by atoms with E-state index < -0.39 is 6.04 Å². The molecular formula is C24H36N4O3S. The zero-order chi connectivity index (χ0) is 24.4. The summed E-state index contributed by atoms with van der Waals surface area (Å²) in [5.74, 6) is -0.114. The molecule has 32 heavy (non-hydrogen) atoms. The van der Waals surface area contributed by atoms with Gasteiger partial charge in [0.05, 0.1) is 12.0 Å². The fraction of sp³-hybridized carbons (Fsp3) is 0.542. The highest BCUT2D eigenvalue weighted by molar-refractivity contribution is 8.13. The molecule has 0 spiro atoms. The van der Waals surface area contributed by atoms with Crippen molar-refractivity contribution in [2.45, 2.75) is 58.9 Å². The maximum Gasteiger partial charge on any atom is 0.217 e. The maximum atomic E-state index is 12.7. The minimum absolute atomic E-state index is 0.0709. The van der Waals surface area contributed by atoms with Gasteiger partial charge in [0.25, 0.3) is 0 Å². The lowest BCUT2D eigenvalue weighted by molar-refractivity contribution is -0.125. The predicted octanol–water partition coefficient (Wildman–Crippen LogP) is 3.66. The standard InChI is InChI=1S/C24H36N4O3S/c1-15(2)11-18-7-9-19(10-8-18)16(3)24(31)32-14-21(27-17(4)29)22(30)12-20(25)13-23(26)28(5)6/h7-10,15-16,21,25-26H,11-14H2,1-6H3,(H,27,29)/t16-,21-/m1/s1. The van der Waals surface area contributed by atoms with Gasteiger partial charge in [0.15, 0.2) is 10.9 Å². The first-order valence-corrected chi connectivity index (χ1v) is 11.8. The first kappa shape index (κ1) is 27.6. The smallest absolute Gasteiger partial charge is 0.217 e. The van der Waals surface area contributed by atoms with Crippen LogP contribution in [-0.4, -0.2) is 59.1 Å². The molecule has 176 valence electrons. The maximum absolute atomic E-state index is 12.7. The molecule has 0 aromatic heterocycles. The summed E-state index contributed by atoms with van der Waals surface area (Å²) in [7, 11) is 3.41. The lowest BCUT2D eigenvalue weighted by atomic mass is 9.97. The molecule has 0 aliphatic rings. The number of hydrogen-bond donors (Lipinski definition) is 3. The molecule has 1 rings (SSSR count). The van der Waals surface area contributed by atoms with Crippen LogP contribution in [0.2, 0.25) is 0 Å². The number of carbonyl (C=O) groups is 3. The molecule has 0 fully saturated rings. The van der Waals surface area contributed by atoms with Crippen molar-refractivity contribution < 1.29 is 14.4 Å². The molecule has 0 aliphatic carbocycles. The summed E-state index contributed by atoms with van der Waals surface area (Å²) in [5, 5.41) is 18.3. The van der Waals surface area contributed by atoms with E-state index in [1.807, 2.05) is 31.2 Å². The van der Waals surface area contributed by atoms with Crippen LogP contribution in [0.25, 0.3) is 0 Å². The van der Waals surface area contributed by atoms with Crippen molar-refractivity contribution in [2.75, 3.05) is 19.8 Å².